The van der Waals surface area contributed by atoms with Gasteiger partial charge in [0.2, 0.25) is 11.8 Å². The topological polar surface area (TPSA) is 74.8 Å². The molecule has 0 fully saturated rings. The average molecular weight is 306 g/mol. The van der Waals surface area contributed by atoms with Crippen LogP contribution in [0.5, 0.6) is 0 Å². The van der Waals surface area contributed by atoms with Crippen molar-refractivity contribution in [3.8, 4) is 0 Å². The average Bonchev–Trinajstić information content (AvgIpc) is 2.16. The molecule has 0 aromatic carbocycles. The maximum absolute atomic E-state index is 10.7. The van der Waals surface area contributed by atoms with Crippen LogP contribution in [0.15, 0.2) is 0 Å². The van der Waals surface area contributed by atoms with Crippen LogP contribution >= 0.6 is 0 Å². The van der Waals surface area contributed by atoms with Gasteiger partial charge in [0, 0.05) is 49.9 Å². The van der Waals surface area contributed by atoms with Crippen LogP contribution in [0.4, 0.5) is 0 Å². The molecule has 0 N–H and O–H groups in total. The summed E-state index contributed by atoms with van der Waals surface area (Å²) in [6.45, 7) is 2.81. The van der Waals surface area contributed by atoms with Crippen LogP contribution in [0.3, 0.4) is 0 Å². The van der Waals surface area contributed by atoms with Gasteiger partial charge in [0.15, 0.2) is 0 Å². The molecule has 0 rings (SSSR count). The fourth-order valence-corrected chi connectivity index (χ4v) is 0.742. The summed E-state index contributed by atoms with van der Waals surface area (Å²) in [5.74, 6) is -0.451. The molecule has 0 heterocycles. The number of carbonyl (C=O) groups is 4. The van der Waals surface area contributed by atoms with Gasteiger partial charge in [-0.25, -0.2) is 0 Å². The molecule has 0 saturated carbocycles. The Morgan fingerprint density at radius 1 is 0.684 bits per heavy atom. The summed E-state index contributed by atoms with van der Waals surface area (Å²) in [5, 5.41) is 0. The fourth-order valence-electron chi connectivity index (χ4n) is 0.742. The van der Waals surface area contributed by atoms with Crippen molar-refractivity contribution in [2.24, 2.45) is 0 Å². The molecular weight excluding hydrogens is 284 g/mol. The summed E-state index contributed by atoms with van der Waals surface area (Å²) >= 11 is 0. The Hall–Kier alpha value is -1.01. The predicted molar refractivity (Wildman–Crippen MR) is 68.0 cm³/mol. The number of nitrogens with zero attached hydrogens (tertiary/aromatic N) is 2. The fraction of sp³-hybridized carbons (Fsp3) is 0.667. The second kappa shape index (κ2) is 12.0. The van der Waals surface area contributed by atoms with Crippen LogP contribution in [0, 0.1) is 0 Å². The number of rotatable bonds is 4. The first-order chi connectivity index (χ1) is 8.07. The molecule has 2 amide bonds. The molecule has 0 unspecified atom stereocenters. The van der Waals surface area contributed by atoms with Crippen molar-refractivity contribution in [1.82, 2.24) is 9.80 Å². The van der Waals surface area contributed by atoms with E-state index in [0.29, 0.717) is 0 Å². The largest absolute Gasteiger partial charge is 0.348 e. The van der Waals surface area contributed by atoms with Gasteiger partial charge in [-0.3, -0.25) is 19.2 Å². The van der Waals surface area contributed by atoms with Crippen LogP contribution in [0.1, 0.15) is 26.7 Å². The third-order valence-corrected chi connectivity index (χ3v) is 1.80. The first kappa shape index (κ1) is 23.1. The minimum absolute atomic E-state index is 0. The van der Waals surface area contributed by atoms with Gasteiger partial charge in [-0.15, -0.1) is 0 Å². The molecule has 6 nitrogen and oxygen atoms in total. The summed E-state index contributed by atoms with van der Waals surface area (Å²) < 4.78 is 0. The van der Waals surface area contributed by atoms with Crippen molar-refractivity contribution in [2.45, 2.75) is 26.7 Å². The van der Waals surface area contributed by atoms with Gasteiger partial charge in [0.1, 0.15) is 11.6 Å². The Balaban J connectivity index is -0.000000256. The summed E-state index contributed by atoms with van der Waals surface area (Å²) in [5.41, 5.74) is 0. The van der Waals surface area contributed by atoms with Gasteiger partial charge in [-0.2, -0.15) is 0 Å². The van der Waals surface area contributed by atoms with E-state index in [0.717, 1.165) is 0 Å². The minimum atomic E-state index is -0.137. The van der Waals surface area contributed by atoms with E-state index in [1.54, 1.807) is 28.2 Å². The second-order valence-corrected chi connectivity index (χ2v) is 4.33. The molecular formula is C12H22N2O4Ti. The van der Waals surface area contributed by atoms with Gasteiger partial charge in [-0.05, 0) is 13.8 Å². The molecule has 0 aliphatic heterocycles. The van der Waals surface area contributed by atoms with Crippen molar-refractivity contribution in [1.29, 1.82) is 0 Å². The van der Waals surface area contributed by atoms with Crippen LogP contribution in [0.2, 0.25) is 0 Å². The van der Waals surface area contributed by atoms with Crippen molar-refractivity contribution in [2.75, 3.05) is 28.2 Å². The van der Waals surface area contributed by atoms with Crippen LogP contribution in [-0.2, 0) is 40.9 Å². The second-order valence-electron chi connectivity index (χ2n) is 4.33. The summed E-state index contributed by atoms with van der Waals surface area (Å²) in [6.07, 6.45) is 0.0417. The van der Waals surface area contributed by atoms with Gasteiger partial charge in [0.05, 0.1) is 12.8 Å². The molecule has 0 radical (unpaired) electrons. The molecule has 0 aliphatic carbocycles. The number of amides is 2. The summed E-state index contributed by atoms with van der Waals surface area (Å²) in [6, 6.07) is 0. The maximum Gasteiger partial charge on any atom is 0.229 e. The number of ketones is 2. The molecule has 7 heteroatoms. The normalized spacial score (nSPS) is 8.32. The SMILES string of the molecule is CC(=O)CC(=O)N(C)C.CC(=O)CC(=O)N(C)C.[Ti]. The number of hydrogen-bond acceptors (Lipinski definition) is 4. The van der Waals surface area contributed by atoms with Crippen molar-refractivity contribution in [3.63, 3.8) is 0 Å². The molecule has 108 valence electrons. The van der Waals surface area contributed by atoms with E-state index in [4.69, 9.17) is 0 Å². The monoisotopic (exact) mass is 306 g/mol. The zero-order valence-corrected chi connectivity index (χ0v) is 14.0. The number of carbonyl (C=O) groups excluding carboxylic acids is 4. The Kier molecular flexibility index (Phi) is 14.7. The first-order valence-corrected chi connectivity index (χ1v) is 5.47. The molecule has 19 heavy (non-hydrogen) atoms. The minimum Gasteiger partial charge on any atom is -0.348 e. The molecule has 0 aromatic rings. The molecule has 0 atom stereocenters. The standard InChI is InChI=1S/2C6H11NO2.Ti/c2*1-5(8)4-6(9)7(2)3;/h2*4H2,1-3H3;. The molecule has 0 spiro atoms. The molecule has 0 saturated heterocycles. The summed E-state index contributed by atoms with van der Waals surface area (Å²) in [4.78, 5) is 44.7. The van der Waals surface area contributed by atoms with Crippen molar-refractivity contribution >= 4 is 23.4 Å². The van der Waals surface area contributed by atoms with Crippen LogP contribution in [0.25, 0.3) is 0 Å². The van der Waals surface area contributed by atoms with E-state index in [-0.39, 0.29) is 57.9 Å². The van der Waals surface area contributed by atoms with E-state index in [2.05, 4.69) is 0 Å². The Labute approximate surface area is 129 Å². The van der Waals surface area contributed by atoms with Gasteiger partial charge in [-0.1, -0.05) is 0 Å². The van der Waals surface area contributed by atoms with Gasteiger partial charge in [0.25, 0.3) is 0 Å². The molecule has 0 aliphatic rings. The van der Waals surface area contributed by atoms with E-state index >= 15 is 0 Å². The predicted octanol–water partition coefficient (Wildman–Crippen LogP) is 0.105. The van der Waals surface area contributed by atoms with E-state index < -0.39 is 0 Å². The summed E-state index contributed by atoms with van der Waals surface area (Å²) in [7, 11) is 6.52. The van der Waals surface area contributed by atoms with Crippen LogP contribution in [-0.4, -0.2) is 61.4 Å². The third-order valence-electron chi connectivity index (χ3n) is 1.80. The zero-order valence-electron chi connectivity index (χ0n) is 12.4. The Morgan fingerprint density at radius 2 is 0.895 bits per heavy atom. The van der Waals surface area contributed by atoms with Gasteiger partial charge >= 0.3 is 0 Å². The Morgan fingerprint density at radius 3 is 0.947 bits per heavy atom. The van der Waals surface area contributed by atoms with E-state index in [1.807, 2.05) is 0 Å². The number of Topliss-reactive ketones (excluding diaryl/α,β-unsaturated/α-hetero) is 2. The Bertz CT molecular complexity index is 296. The van der Waals surface area contributed by atoms with Crippen molar-refractivity contribution in [3.05, 3.63) is 0 Å². The quantitative estimate of drug-likeness (QED) is 0.545. The zero-order chi connectivity index (χ0) is 14.9. The first-order valence-electron chi connectivity index (χ1n) is 5.47. The van der Waals surface area contributed by atoms with Crippen molar-refractivity contribution < 1.29 is 40.9 Å². The maximum atomic E-state index is 10.7. The third kappa shape index (κ3) is 17.0. The molecule has 0 aromatic heterocycles. The van der Waals surface area contributed by atoms with Crippen LogP contribution < -0.4 is 0 Å². The van der Waals surface area contributed by atoms with Gasteiger partial charge < -0.3 is 9.80 Å². The van der Waals surface area contributed by atoms with E-state index in [1.165, 1.54) is 23.6 Å². The molecule has 0 bridgehead atoms. The smallest absolute Gasteiger partial charge is 0.229 e. The number of hydrogen-bond donors (Lipinski definition) is 0. The van der Waals surface area contributed by atoms with E-state index in [9.17, 15) is 19.2 Å².